The minimum atomic E-state index is -0.492. The number of aryl methyl sites for hydroxylation is 1. The van der Waals surface area contributed by atoms with Gasteiger partial charge in [0.15, 0.2) is 6.61 Å². The Morgan fingerprint density at radius 2 is 1.69 bits per heavy atom. The SMILES string of the molecule is CCc1ccc(C(C)NC(=O)NNC(=O)COc2ccc(Br)cc2)cc1. The van der Waals surface area contributed by atoms with Crippen molar-refractivity contribution in [1.29, 1.82) is 0 Å². The Labute approximate surface area is 161 Å². The molecule has 0 aliphatic rings. The van der Waals surface area contributed by atoms with Crippen molar-refractivity contribution in [2.45, 2.75) is 26.3 Å². The average molecular weight is 420 g/mol. The number of urea groups is 1. The Bertz CT molecular complexity index is 733. The van der Waals surface area contributed by atoms with E-state index >= 15 is 0 Å². The molecule has 0 radical (unpaired) electrons. The molecule has 0 bridgehead atoms. The first kappa shape index (κ1) is 19.8. The topological polar surface area (TPSA) is 79.5 Å². The maximum absolute atomic E-state index is 11.9. The summed E-state index contributed by atoms with van der Waals surface area (Å²) < 4.78 is 6.25. The Hall–Kier alpha value is -2.54. The summed E-state index contributed by atoms with van der Waals surface area (Å²) >= 11 is 3.32. The van der Waals surface area contributed by atoms with E-state index in [1.54, 1.807) is 12.1 Å². The van der Waals surface area contributed by atoms with Crippen LogP contribution in [0.15, 0.2) is 53.0 Å². The van der Waals surface area contributed by atoms with Crippen LogP contribution in [0, 0.1) is 0 Å². The van der Waals surface area contributed by atoms with Gasteiger partial charge in [0.1, 0.15) is 5.75 Å². The molecule has 2 rings (SSSR count). The van der Waals surface area contributed by atoms with Crippen molar-refractivity contribution < 1.29 is 14.3 Å². The first-order valence-corrected chi connectivity index (χ1v) is 9.09. The van der Waals surface area contributed by atoms with E-state index in [9.17, 15) is 9.59 Å². The number of hydrogen-bond acceptors (Lipinski definition) is 3. The molecule has 2 aromatic rings. The lowest BCUT2D eigenvalue weighted by Crippen LogP contribution is -2.48. The van der Waals surface area contributed by atoms with E-state index < -0.39 is 11.9 Å². The maximum Gasteiger partial charge on any atom is 0.333 e. The molecule has 2 aromatic carbocycles. The first-order valence-electron chi connectivity index (χ1n) is 8.30. The Kier molecular flexibility index (Phi) is 7.47. The first-order chi connectivity index (χ1) is 12.5. The number of hydrogen-bond donors (Lipinski definition) is 3. The van der Waals surface area contributed by atoms with Gasteiger partial charge in [0.25, 0.3) is 5.91 Å². The van der Waals surface area contributed by atoms with Crippen LogP contribution in [-0.4, -0.2) is 18.5 Å². The fourth-order valence-corrected chi connectivity index (χ4v) is 2.46. The fraction of sp³-hybridized carbons (Fsp3) is 0.263. The van der Waals surface area contributed by atoms with Crippen LogP contribution in [-0.2, 0) is 11.2 Å². The molecule has 138 valence electrons. The van der Waals surface area contributed by atoms with E-state index in [0.29, 0.717) is 5.75 Å². The Balaban J connectivity index is 1.71. The van der Waals surface area contributed by atoms with Crippen LogP contribution >= 0.6 is 15.9 Å². The molecule has 0 spiro atoms. The van der Waals surface area contributed by atoms with Gasteiger partial charge in [0.05, 0.1) is 6.04 Å². The molecule has 26 heavy (non-hydrogen) atoms. The van der Waals surface area contributed by atoms with Gasteiger partial charge in [-0.1, -0.05) is 47.1 Å². The second-order valence-corrected chi connectivity index (χ2v) is 6.62. The quantitative estimate of drug-likeness (QED) is 0.626. The number of benzene rings is 2. The minimum absolute atomic E-state index is 0.183. The van der Waals surface area contributed by atoms with Crippen molar-refractivity contribution in [1.82, 2.24) is 16.2 Å². The predicted octanol–water partition coefficient (Wildman–Crippen LogP) is 3.48. The third-order valence-electron chi connectivity index (χ3n) is 3.73. The number of rotatable bonds is 6. The lowest BCUT2D eigenvalue weighted by molar-refractivity contribution is -0.123. The normalized spacial score (nSPS) is 11.3. The summed E-state index contributed by atoms with van der Waals surface area (Å²) in [5, 5.41) is 2.76. The zero-order valence-corrected chi connectivity index (χ0v) is 16.3. The number of ether oxygens (including phenoxy) is 1. The molecule has 7 heteroatoms. The van der Waals surface area contributed by atoms with Crippen molar-refractivity contribution in [3.63, 3.8) is 0 Å². The lowest BCUT2D eigenvalue weighted by Gasteiger charge is -2.16. The van der Waals surface area contributed by atoms with Crippen LogP contribution in [0.4, 0.5) is 4.79 Å². The summed E-state index contributed by atoms with van der Waals surface area (Å²) in [6.07, 6.45) is 0.969. The molecule has 0 aliphatic heterocycles. The molecule has 3 N–H and O–H groups in total. The molecule has 1 atom stereocenters. The predicted molar refractivity (Wildman–Crippen MR) is 104 cm³/mol. The van der Waals surface area contributed by atoms with Gasteiger partial charge in [-0.2, -0.15) is 0 Å². The third kappa shape index (κ3) is 6.40. The highest BCUT2D eigenvalue weighted by Gasteiger charge is 2.10. The average Bonchev–Trinajstić information content (AvgIpc) is 2.66. The molecular weight excluding hydrogens is 398 g/mol. The van der Waals surface area contributed by atoms with Crippen LogP contribution in [0.1, 0.15) is 31.0 Å². The molecule has 0 heterocycles. The van der Waals surface area contributed by atoms with Gasteiger partial charge in [-0.15, -0.1) is 0 Å². The summed E-state index contributed by atoms with van der Waals surface area (Å²) in [6.45, 7) is 3.77. The second-order valence-electron chi connectivity index (χ2n) is 5.71. The number of carbonyl (C=O) groups is 2. The highest BCUT2D eigenvalue weighted by molar-refractivity contribution is 9.10. The van der Waals surface area contributed by atoms with Crippen LogP contribution in [0.3, 0.4) is 0 Å². The van der Waals surface area contributed by atoms with Crippen molar-refractivity contribution in [3.05, 3.63) is 64.1 Å². The monoisotopic (exact) mass is 419 g/mol. The fourth-order valence-electron chi connectivity index (χ4n) is 2.20. The Morgan fingerprint density at radius 1 is 1.04 bits per heavy atom. The molecule has 0 aromatic heterocycles. The zero-order chi connectivity index (χ0) is 18.9. The lowest BCUT2D eigenvalue weighted by atomic mass is 10.1. The van der Waals surface area contributed by atoms with Crippen LogP contribution in [0.5, 0.6) is 5.75 Å². The van der Waals surface area contributed by atoms with Crippen LogP contribution in [0.25, 0.3) is 0 Å². The summed E-state index contributed by atoms with van der Waals surface area (Å²) in [4.78, 5) is 23.6. The van der Waals surface area contributed by atoms with E-state index in [-0.39, 0.29) is 12.6 Å². The zero-order valence-electron chi connectivity index (χ0n) is 14.7. The van der Waals surface area contributed by atoms with Gasteiger partial charge in [-0.25, -0.2) is 10.2 Å². The van der Waals surface area contributed by atoms with Crippen LogP contribution < -0.4 is 20.9 Å². The number of hydrazine groups is 1. The van der Waals surface area contributed by atoms with E-state index in [2.05, 4.69) is 39.0 Å². The summed E-state index contributed by atoms with van der Waals surface area (Å²) in [5.41, 5.74) is 6.85. The third-order valence-corrected chi connectivity index (χ3v) is 4.26. The molecule has 6 nitrogen and oxygen atoms in total. The highest BCUT2D eigenvalue weighted by atomic mass is 79.9. The number of amides is 3. The van der Waals surface area contributed by atoms with Crippen LogP contribution in [0.2, 0.25) is 0 Å². The van der Waals surface area contributed by atoms with E-state index in [1.165, 1.54) is 5.56 Å². The van der Waals surface area contributed by atoms with E-state index in [1.807, 2.05) is 43.3 Å². The van der Waals surface area contributed by atoms with Gasteiger partial charge in [0.2, 0.25) is 0 Å². The molecule has 1 unspecified atom stereocenters. The van der Waals surface area contributed by atoms with Gasteiger partial charge in [-0.3, -0.25) is 10.2 Å². The minimum Gasteiger partial charge on any atom is -0.484 e. The van der Waals surface area contributed by atoms with Crippen molar-refractivity contribution in [3.8, 4) is 5.75 Å². The Morgan fingerprint density at radius 3 is 2.31 bits per heavy atom. The second kappa shape index (κ2) is 9.82. The van der Waals surface area contributed by atoms with Gasteiger partial charge < -0.3 is 10.1 Å². The number of nitrogens with one attached hydrogen (secondary N) is 3. The molecule has 0 aliphatic carbocycles. The van der Waals surface area contributed by atoms with Crippen molar-refractivity contribution in [2.24, 2.45) is 0 Å². The van der Waals surface area contributed by atoms with Crippen molar-refractivity contribution >= 4 is 27.9 Å². The smallest absolute Gasteiger partial charge is 0.333 e. The number of carbonyl (C=O) groups excluding carboxylic acids is 2. The van der Waals surface area contributed by atoms with Gasteiger partial charge in [0, 0.05) is 4.47 Å². The molecule has 3 amide bonds. The van der Waals surface area contributed by atoms with Gasteiger partial charge >= 0.3 is 6.03 Å². The highest BCUT2D eigenvalue weighted by Crippen LogP contribution is 2.16. The summed E-state index contributed by atoms with van der Waals surface area (Å²) in [5.74, 6) is 0.111. The summed E-state index contributed by atoms with van der Waals surface area (Å²) in [6, 6.07) is 14.5. The summed E-state index contributed by atoms with van der Waals surface area (Å²) in [7, 11) is 0. The van der Waals surface area contributed by atoms with E-state index in [4.69, 9.17) is 4.74 Å². The standard InChI is InChI=1S/C19H22BrN3O3/c1-3-14-4-6-15(7-5-14)13(2)21-19(25)23-22-18(24)12-26-17-10-8-16(20)9-11-17/h4-11,13H,3,12H2,1-2H3,(H,22,24)(H2,21,23,25). The molecule has 0 fully saturated rings. The maximum atomic E-state index is 11.9. The molecule has 0 saturated heterocycles. The van der Waals surface area contributed by atoms with Crippen molar-refractivity contribution in [2.75, 3.05) is 6.61 Å². The van der Waals surface area contributed by atoms with Gasteiger partial charge in [-0.05, 0) is 48.7 Å². The molecular formula is C19H22BrN3O3. The number of halogens is 1. The van der Waals surface area contributed by atoms with E-state index in [0.717, 1.165) is 16.5 Å². The largest absolute Gasteiger partial charge is 0.484 e. The molecule has 0 saturated carbocycles.